The van der Waals surface area contributed by atoms with Gasteiger partial charge in [-0.25, -0.2) is 9.67 Å². The molecule has 4 rings (SSSR count). The second kappa shape index (κ2) is 5.94. The normalized spacial score (nSPS) is 17.5. The van der Waals surface area contributed by atoms with Gasteiger partial charge in [0.05, 0.1) is 11.4 Å². The van der Waals surface area contributed by atoms with E-state index in [2.05, 4.69) is 15.1 Å². The highest BCUT2D eigenvalue weighted by atomic mass is 32.1. The lowest BCUT2D eigenvalue weighted by Crippen LogP contribution is -2.18. The SMILES string of the molecule is C[C@@H]1CCc2nn(-c3nc(-c4ccncc4)cs3)c(C(F)(F)F)c2C1. The van der Waals surface area contributed by atoms with Crippen LogP contribution in [0.25, 0.3) is 16.4 Å². The van der Waals surface area contributed by atoms with Crippen molar-refractivity contribution >= 4 is 11.3 Å². The van der Waals surface area contributed by atoms with Crippen molar-refractivity contribution in [2.75, 3.05) is 0 Å². The van der Waals surface area contributed by atoms with Crippen molar-refractivity contribution in [3.05, 3.63) is 46.9 Å². The van der Waals surface area contributed by atoms with E-state index in [9.17, 15) is 13.2 Å². The summed E-state index contributed by atoms with van der Waals surface area (Å²) in [5.41, 5.74) is 1.64. The molecule has 1 aliphatic rings. The molecule has 4 nitrogen and oxygen atoms in total. The molecule has 25 heavy (non-hydrogen) atoms. The fourth-order valence-corrected chi connectivity index (χ4v) is 3.98. The van der Waals surface area contributed by atoms with Gasteiger partial charge in [0.25, 0.3) is 0 Å². The van der Waals surface area contributed by atoms with E-state index in [0.717, 1.165) is 28.0 Å². The Hall–Kier alpha value is -2.22. The third-order valence-electron chi connectivity index (χ3n) is 4.41. The number of thiazole rings is 1. The predicted molar refractivity (Wildman–Crippen MR) is 88.7 cm³/mol. The number of hydrogen-bond donors (Lipinski definition) is 0. The Morgan fingerprint density at radius 3 is 2.72 bits per heavy atom. The zero-order chi connectivity index (χ0) is 17.6. The molecular formula is C17H15F3N4S. The molecule has 0 N–H and O–H groups in total. The smallest absolute Gasteiger partial charge is 0.265 e. The van der Waals surface area contributed by atoms with Gasteiger partial charge in [-0.2, -0.15) is 18.3 Å². The number of hydrogen-bond acceptors (Lipinski definition) is 4. The standard InChI is InChI=1S/C17H15F3N4S/c1-10-2-3-13-12(8-10)15(17(18,19)20)24(23-13)16-22-14(9-25-16)11-4-6-21-7-5-11/h4-7,9-10H,2-3,8H2,1H3/t10-/m1/s1. The average Bonchev–Trinajstić information content (AvgIpc) is 3.19. The van der Waals surface area contributed by atoms with Crippen molar-refractivity contribution in [2.45, 2.75) is 32.4 Å². The Morgan fingerprint density at radius 1 is 1.24 bits per heavy atom. The van der Waals surface area contributed by atoms with E-state index in [0.29, 0.717) is 29.8 Å². The first-order chi connectivity index (χ1) is 11.9. The van der Waals surface area contributed by atoms with Crippen LogP contribution in [0.5, 0.6) is 0 Å². The largest absolute Gasteiger partial charge is 0.433 e. The molecule has 0 aliphatic heterocycles. The molecule has 0 amide bonds. The van der Waals surface area contributed by atoms with Crippen LogP contribution in [0.15, 0.2) is 29.9 Å². The maximum absolute atomic E-state index is 13.7. The Bertz CT molecular complexity index is 899. The molecule has 0 unspecified atom stereocenters. The van der Waals surface area contributed by atoms with Gasteiger partial charge in [0, 0.05) is 28.9 Å². The van der Waals surface area contributed by atoms with E-state index < -0.39 is 11.9 Å². The number of fused-ring (bicyclic) bond motifs is 1. The topological polar surface area (TPSA) is 43.6 Å². The first-order valence-corrected chi connectivity index (χ1v) is 8.85. The first kappa shape index (κ1) is 16.3. The highest BCUT2D eigenvalue weighted by Crippen LogP contribution is 2.39. The van der Waals surface area contributed by atoms with Crippen LogP contribution in [0.3, 0.4) is 0 Å². The molecule has 0 aromatic carbocycles. The van der Waals surface area contributed by atoms with E-state index in [1.807, 2.05) is 6.92 Å². The number of aromatic nitrogens is 4. The molecular weight excluding hydrogens is 349 g/mol. The van der Waals surface area contributed by atoms with Crippen molar-refractivity contribution in [2.24, 2.45) is 5.92 Å². The zero-order valence-electron chi connectivity index (χ0n) is 13.4. The molecule has 130 valence electrons. The van der Waals surface area contributed by atoms with E-state index in [1.165, 1.54) is 0 Å². The zero-order valence-corrected chi connectivity index (χ0v) is 14.2. The van der Waals surface area contributed by atoms with E-state index >= 15 is 0 Å². The number of halogens is 3. The van der Waals surface area contributed by atoms with Crippen LogP contribution in [-0.2, 0) is 19.0 Å². The number of rotatable bonds is 2. The van der Waals surface area contributed by atoms with E-state index in [1.54, 1.807) is 29.9 Å². The van der Waals surface area contributed by atoms with Gasteiger partial charge in [0.2, 0.25) is 5.13 Å². The van der Waals surface area contributed by atoms with Crippen LogP contribution in [0.1, 0.15) is 30.3 Å². The van der Waals surface area contributed by atoms with Crippen LogP contribution in [-0.4, -0.2) is 19.7 Å². The Labute approximate surface area is 146 Å². The lowest BCUT2D eigenvalue weighted by Gasteiger charge is -2.18. The highest BCUT2D eigenvalue weighted by molar-refractivity contribution is 7.12. The molecule has 8 heteroatoms. The minimum absolute atomic E-state index is 0.231. The summed E-state index contributed by atoms with van der Waals surface area (Å²) >= 11 is 1.16. The van der Waals surface area contributed by atoms with Crippen LogP contribution in [0.2, 0.25) is 0 Å². The van der Waals surface area contributed by atoms with Gasteiger partial charge in [-0.3, -0.25) is 4.98 Å². The monoisotopic (exact) mass is 364 g/mol. The van der Waals surface area contributed by atoms with Crippen molar-refractivity contribution in [3.8, 4) is 16.4 Å². The van der Waals surface area contributed by atoms with Gasteiger partial charge in [-0.1, -0.05) is 6.92 Å². The third-order valence-corrected chi connectivity index (χ3v) is 5.23. The molecule has 0 saturated carbocycles. The highest BCUT2D eigenvalue weighted by Gasteiger charge is 2.42. The van der Waals surface area contributed by atoms with Gasteiger partial charge >= 0.3 is 6.18 Å². The van der Waals surface area contributed by atoms with Crippen LogP contribution in [0, 0.1) is 5.92 Å². The molecule has 3 aromatic heterocycles. The van der Waals surface area contributed by atoms with Crippen LogP contribution >= 0.6 is 11.3 Å². The maximum Gasteiger partial charge on any atom is 0.433 e. The van der Waals surface area contributed by atoms with E-state index in [4.69, 9.17) is 0 Å². The minimum atomic E-state index is -4.46. The maximum atomic E-state index is 13.7. The number of pyridine rings is 1. The summed E-state index contributed by atoms with van der Waals surface area (Å²) in [6.45, 7) is 1.98. The van der Waals surface area contributed by atoms with Crippen molar-refractivity contribution in [1.29, 1.82) is 0 Å². The van der Waals surface area contributed by atoms with Crippen molar-refractivity contribution < 1.29 is 13.2 Å². The van der Waals surface area contributed by atoms with Crippen LogP contribution < -0.4 is 0 Å². The lowest BCUT2D eigenvalue weighted by molar-refractivity contribution is -0.143. The van der Waals surface area contributed by atoms with Gasteiger partial charge in [0.1, 0.15) is 0 Å². The Kier molecular flexibility index (Phi) is 3.87. The number of nitrogens with zero attached hydrogens (tertiary/aromatic N) is 4. The Morgan fingerprint density at radius 2 is 2.00 bits per heavy atom. The summed E-state index contributed by atoms with van der Waals surface area (Å²) in [5, 5.41) is 6.24. The molecule has 0 bridgehead atoms. The van der Waals surface area contributed by atoms with Crippen LogP contribution in [0.4, 0.5) is 13.2 Å². The fraction of sp³-hybridized carbons (Fsp3) is 0.353. The molecule has 3 aromatic rings. The summed E-state index contributed by atoms with van der Waals surface area (Å²) < 4.78 is 42.1. The third kappa shape index (κ3) is 2.95. The summed E-state index contributed by atoms with van der Waals surface area (Å²) in [6, 6.07) is 3.55. The molecule has 0 fully saturated rings. The summed E-state index contributed by atoms with van der Waals surface area (Å²) in [6.07, 6.45) is 0.649. The minimum Gasteiger partial charge on any atom is -0.265 e. The number of aryl methyl sites for hydroxylation is 1. The summed E-state index contributed by atoms with van der Waals surface area (Å²) in [5.74, 6) is 0.231. The molecule has 1 aliphatic carbocycles. The Balaban J connectivity index is 1.82. The number of alkyl halides is 3. The second-order valence-electron chi connectivity index (χ2n) is 6.28. The summed E-state index contributed by atoms with van der Waals surface area (Å²) in [7, 11) is 0. The van der Waals surface area contributed by atoms with Crippen molar-refractivity contribution in [3.63, 3.8) is 0 Å². The molecule has 0 saturated heterocycles. The summed E-state index contributed by atoms with van der Waals surface area (Å²) in [4.78, 5) is 8.32. The fourth-order valence-electron chi connectivity index (χ4n) is 3.19. The molecule has 1 atom stereocenters. The molecule has 3 heterocycles. The van der Waals surface area contributed by atoms with Gasteiger partial charge in [-0.15, -0.1) is 11.3 Å². The van der Waals surface area contributed by atoms with Crippen molar-refractivity contribution in [1.82, 2.24) is 19.7 Å². The average molecular weight is 364 g/mol. The molecule has 0 spiro atoms. The first-order valence-electron chi connectivity index (χ1n) is 7.97. The van der Waals surface area contributed by atoms with Gasteiger partial charge in [0.15, 0.2) is 5.69 Å². The quantitative estimate of drug-likeness (QED) is 0.671. The molecule has 0 radical (unpaired) electrons. The van der Waals surface area contributed by atoms with Gasteiger partial charge in [-0.05, 0) is 37.3 Å². The predicted octanol–water partition coefficient (Wildman–Crippen LogP) is 4.53. The lowest BCUT2D eigenvalue weighted by atomic mass is 9.87. The van der Waals surface area contributed by atoms with E-state index in [-0.39, 0.29) is 11.0 Å². The van der Waals surface area contributed by atoms with Gasteiger partial charge < -0.3 is 0 Å². The second-order valence-corrected chi connectivity index (χ2v) is 7.12.